The smallest absolute Gasteiger partial charge is 0.131 e. The molecule has 1 unspecified atom stereocenters. The zero-order chi connectivity index (χ0) is 14.9. The first-order valence-electron chi connectivity index (χ1n) is 6.07. The number of hydrogen-bond acceptors (Lipinski definition) is 2. The number of benzene rings is 1. The largest absolute Gasteiger partial charge is 0.306 e. The molecule has 0 fully saturated rings. The number of rotatable bonds is 4. The van der Waals surface area contributed by atoms with Crippen molar-refractivity contribution in [2.24, 2.45) is 0 Å². The monoisotopic (exact) mass is 379 g/mol. The highest BCUT2D eigenvalue weighted by Gasteiger charge is 2.21. The normalized spacial score (nSPS) is 12.7. The Labute approximate surface area is 134 Å². The van der Waals surface area contributed by atoms with Crippen LogP contribution in [0.3, 0.4) is 0 Å². The van der Waals surface area contributed by atoms with Crippen LogP contribution in [-0.4, -0.2) is 6.54 Å². The quantitative estimate of drug-likeness (QED) is 0.743. The first kappa shape index (κ1) is 15.9. The number of aryl methyl sites for hydroxylation is 1. The fraction of sp³-hybridized carbons (Fsp3) is 0.286. The minimum absolute atomic E-state index is 0.340. The molecule has 0 spiro atoms. The molecule has 1 aromatic heterocycles. The van der Waals surface area contributed by atoms with Gasteiger partial charge in [-0.05, 0) is 47.1 Å². The SMILES string of the molecule is CCNC(c1cc(Br)c(Cl)s1)c1cc(C)c(F)cc1F. The van der Waals surface area contributed by atoms with E-state index >= 15 is 0 Å². The zero-order valence-electron chi connectivity index (χ0n) is 10.9. The van der Waals surface area contributed by atoms with Gasteiger partial charge in [-0.1, -0.05) is 18.5 Å². The molecule has 2 aromatic rings. The van der Waals surface area contributed by atoms with Crippen molar-refractivity contribution in [1.29, 1.82) is 0 Å². The van der Waals surface area contributed by atoms with Gasteiger partial charge in [0.25, 0.3) is 0 Å². The first-order chi connectivity index (χ1) is 9.43. The molecule has 0 aliphatic carbocycles. The van der Waals surface area contributed by atoms with E-state index in [0.717, 1.165) is 15.4 Å². The summed E-state index contributed by atoms with van der Waals surface area (Å²) in [5.74, 6) is -1.09. The van der Waals surface area contributed by atoms with Crippen LogP contribution in [0.15, 0.2) is 22.7 Å². The van der Waals surface area contributed by atoms with E-state index in [-0.39, 0.29) is 6.04 Å². The van der Waals surface area contributed by atoms with Gasteiger partial charge in [0, 0.05) is 21.0 Å². The van der Waals surface area contributed by atoms with Crippen LogP contribution in [0.1, 0.15) is 29.0 Å². The molecule has 2 rings (SSSR count). The van der Waals surface area contributed by atoms with Gasteiger partial charge in [0.2, 0.25) is 0 Å². The summed E-state index contributed by atoms with van der Waals surface area (Å²) in [6.45, 7) is 4.22. The topological polar surface area (TPSA) is 12.0 Å². The van der Waals surface area contributed by atoms with Crippen LogP contribution in [0, 0.1) is 18.6 Å². The minimum atomic E-state index is -0.556. The molecule has 20 heavy (non-hydrogen) atoms. The Hall–Kier alpha value is -0.490. The van der Waals surface area contributed by atoms with E-state index in [2.05, 4.69) is 21.2 Å². The van der Waals surface area contributed by atoms with Crippen LogP contribution in [0.5, 0.6) is 0 Å². The van der Waals surface area contributed by atoms with E-state index < -0.39 is 11.6 Å². The predicted octanol–water partition coefficient (Wildman–Crippen LogP) is 5.45. The molecule has 0 bridgehead atoms. The van der Waals surface area contributed by atoms with Crippen molar-refractivity contribution in [3.8, 4) is 0 Å². The zero-order valence-corrected chi connectivity index (χ0v) is 14.1. The number of hydrogen-bond donors (Lipinski definition) is 1. The van der Waals surface area contributed by atoms with Gasteiger partial charge in [0.1, 0.15) is 16.0 Å². The molecular formula is C14H13BrClF2NS. The molecular weight excluding hydrogens is 368 g/mol. The lowest BCUT2D eigenvalue weighted by Crippen LogP contribution is -2.22. The van der Waals surface area contributed by atoms with Crippen molar-refractivity contribution in [2.75, 3.05) is 6.54 Å². The molecule has 0 saturated heterocycles. The average molecular weight is 381 g/mol. The van der Waals surface area contributed by atoms with E-state index in [1.54, 1.807) is 13.0 Å². The Kier molecular flexibility index (Phi) is 5.18. The van der Waals surface area contributed by atoms with E-state index in [4.69, 9.17) is 11.6 Å². The third kappa shape index (κ3) is 3.22. The summed E-state index contributed by atoms with van der Waals surface area (Å²) in [6, 6.07) is 3.99. The molecule has 1 nitrogen and oxygen atoms in total. The Morgan fingerprint density at radius 1 is 1.30 bits per heavy atom. The summed E-state index contributed by atoms with van der Waals surface area (Å²) in [5.41, 5.74) is 0.849. The molecule has 0 radical (unpaired) electrons. The van der Waals surface area contributed by atoms with Crippen LogP contribution >= 0.6 is 38.9 Å². The fourth-order valence-electron chi connectivity index (χ4n) is 1.97. The molecule has 0 amide bonds. The summed E-state index contributed by atoms with van der Waals surface area (Å²) in [7, 11) is 0. The first-order valence-corrected chi connectivity index (χ1v) is 8.06. The third-order valence-electron chi connectivity index (χ3n) is 2.95. The predicted molar refractivity (Wildman–Crippen MR) is 83.6 cm³/mol. The van der Waals surface area contributed by atoms with Gasteiger partial charge in [-0.2, -0.15) is 0 Å². The molecule has 6 heteroatoms. The van der Waals surface area contributed by atoms with E-state index in [9.17, 15) is 8.78 Å². The maximum atomic E-state index is 14.1. The average Bonchev–Trinajstić information content (AvgIpc) is 2.71. The van der Waals surface area contributed by atoms with Gasteiger partial charge in [0.05, 0.1) is 6.04 Å². The molecule has 0 saturated carbocycles. The van der Waals surface area contributed by atoms with Crippen molar-refractivity contribution < 1.29 is 8.78 Å². The van der Waals surface area contributed by atoms with Crippen molar-refractivity contribution in [2.45, 2.75) is 19.9 Å². The van der Waals surface area contributed by atoms with Crippen LogP contribution in [-0.2, 0) is 0 Å². The van der Waals surface area contributed by atoms with Crippen molar-refractivity contribution in [1.82, 2.24) is 5.32 Å². The number of halogens is 4. The van der Waals surface area contributed by atoms with E-state index in [1.165, 1.54) is 11.3 Å². The Morgan fingerprint density at radius 3 is 2.55 bits per heavy atom. The Morgan fingerprint density at radius 2 is 2.00 bits per heavy atom. The molecule has 1 atom stereocenters. The highest BCUT2D eigenvalue weighted by atomic mass is 79.9. The van der Waals surface area contributed by atoms with Crippen molar-refractivity contribution in [3.63, 3.8) is 0 Å². The molecule has 1 aromatic carbocycles. The molecule has 0 aliphatic heterocycles. The third-order valence-corrected chi connectivity index (χ3v) is 5.49. The van der Waals surface area contributed by atoms with Gasteiger partial charge in [-0.25, -0.2) is 8.78 Å². The molecule has 1 N–H and O–H groups in total. The molecule has 0 aliphatic rings. The van der Waals surface area contributed by atoms with Crippen molar-refractivity contribution >= 4 is 38.9 Å². The second kappa shape index (κ2) is 6.52. The fourth-order valence-corrected chi connectivity index (χ4v) is 3.81. The lowest BCUT2D eigenvalue weighted by Gasteiger charge is -2.18. The van der Waals surface area contributed by atoms with Gasteiger partial charge in [-0.3, -0.25) is 0 Å². The van der Waals surface area contributed by atoms with Gasteiger partial charge >= 0.3 is 0 Å². The maximum Gasteiger partial charge on any atom is 0.131 e. The van der Waals surface area contributed by atoms with Gasteiger partial charge in [0.15, 0.2) is 0 Å². The molecule has 1 heterocycles. The maximum absolute atomic E-state index is 14.1. The summed E-state index contributed by atoms with van der Waals surface area (Å²) < 4.78 is 28.9. The lowest BCUT2D eigenvalue weighted by atomic mass is 10.0. The lowest BCUT2D eigenvalue weighted by molar-refractivity contribution is 0.540. The summed E-state index contributed by atoms with van der Waals surface area (Å²) >= 11 is 10.8. The van der Waals surface area contributed by atoms with Crippen LogP contribution in [0.25, 0.3) is 0 Å². The van der Waals surface area contributed by atoms with Gasteiger partial charge < -0.3 is 5.32 Å². The second-order valence-electron chi connectivity index (χ2n) is 4.38. The summed E-state index contributed by atoms with van der Waals surface area (Å²) in [4.78, 5) is 0.883. The molecule has 108 valence electrons. The summed E-state index contributed by atoms with van der Waals surface area (Å²) in [6.07, 6.45) is 0. The number of nitrogens with one attached hydrogen (secondary N) is 1. The minimum Gasteiger partial charge on any atom is -0.306 e. The van der Waals surface area contributed by atoms with Crippen LogP contribution in [0.4, 0.5) is 8.78 Å². The van der Waals surface area contributed by atoms with Crippen LogP contribution < -0.4 is 5.32 Å². The van der Waals surface area contributed by atoms with Gasteiger partial charge in [-0.15, -0.1) is 11.3 Å². The van der Waals surface area contributed by atoms with Crippen molar-refractivity contribution in [3.05, 3.63) is 54.6 Å². The Bertz CT molecular complexity index is 610. The highest BCUT2D eigenvalue weighted by molar-refractivity contribution is 9.10. The second-order valence-corrected chi connectivity index (χ2v) is 6.92. The van der Waals surface area contributed by atoms with E-state index in [0.29, 0.717) is 22.0 Å². The summed E-state index contributed by atoms with van der Waals surface area (Å²) in [5, 5.41) is 3.21. The van der Waals surface area contributed by atoms with Crippen LogP contribution in [0.2, 0.25) is 4.34 Å². The number of thiophene rings is 1. The Balaban J connectivity index is 2.50. The van der Waals surface area contributed by atoms with E-state index in [1.807, 2.05) is 13.0 Å². The highest BCUT2D eigenvalue weighted by Crippen LogP contribution is 2.38. The standard InChI is InChI=1S/C14H13BrClF2NS/c1-3-19-13(12-5-9(15)14(16)20-12)8-4-7(2)10(17)6-11(8)18/h4-6,13,19H,3H2,1-2H3.